The number of aromatic hydroxyl groups is 1. The summed E-state index contributed by atoms with van der Waals surface area (Å²) in [5, 5.41) is 26.0. The minimum Gasteiger partial charge on any atom is -0.505 e. The highest BCUT2D eigenvalue weighted by Crippen LogP contribution is 2.45. The molecule has 218 valence electrons. The molecule has 1 atom stereocenters. The van der Waals surface area contributed by atoms with Gasteiger partial charge < -0.3 is 34.9 Å². The Morgan fingerprint density at radius 1 is 1.17 bits per heavy atom. The summed E-state index contributed by atoms with van der Waals surface area (Å²) in [7, 11) is 0. The van der Waals surface area contributed by atoms with Gasteiger partial charge in [-0.15, -0.1) is 0 Å². The number of hydrogen-bond acceptors (Lipinski definition) is 6. The van der Waals surface area contributed by atoms with Crippen molar-refractivity contribution in [2.75, 3.05) is 11.9 Å². The molecular weight excluding hydrogens is 550 g/mol. The molecule has 1 aromatic heterocycles. The zero-order chi connectivity index (χ0) is 29.7. The average Bonchev–Trinajstić information content (AvgIpc) is 3.74. The summed E-state index contributed by atoms with van der Waals surface area (Å²) in [6.07, 6.45) is 2.75. The van der Waals surface area contributed by atoms with Crippen LogP contribution in [0.25, 0.3) is 0 Å². The summed E-state index contributed by atoms with van der Waals surface area (Å²) in [5.74, 6) is -0.336. The number of benzene rings is 2. The molecule has 1 fully saturated rings. The van der Waals surface area contributed by atoms with Crippen molar-refractivity contribution in [3.63, 3.8) is 0 Å². The highest BCUT2D eigenvalue weighted by atomic mass is 35.5. The van der Waals surface area contributed by atoms with E-state index in [1.807, 2.05) is 20.8 Å². The number of anilines is 1. The number of nitrogens with zero attached hydrogens (tertiary/aromatic N) is 1. The van der Waals surface area contributed by atoms with Crippen LogP contribution in [0.1, 0.15) is 68.7 Å². The van der Waals surface area contributed by atoms with E-state index in [0.717, 1.165) is 12.8 Å². The van der Waals surface area contributed by atoms with Crippen molar-refractivity contribution in [3.05, 3.63) is 80.7 Å². The van der Waals surface area contributed by atoms with E-state index in [2.05, 4.69) is 10.6 Å². The number of carboxylic acid groups (broad SMARTS) is 1. The van der Waals surface area contributed by atoms with E-state index >= 15 is 0 Å². The van der Waals surface area contributed by atoms with Gasteiger partial charge >= 0.3 is 12.0 Å². The van der Waals surface area contributed by atoms with Gasteiger partial charge in [0.1, 0.15) is 17.2 Å². The van der Waals surface area contributed by atoms with Crippen LogP contribution in [-0.4, -0.2) is 39.5 Å². The Kier molecular flexibility index (Phi) is 9.44. The summed E-state index contributed by atoms with van der Waals surface area (Å²) >= 11 is 6.45. The third-order valence-corrected chi connectivity index (χ3v) is 6.91. The van der Waals surface area contributed by atoms with Crippen molar-refractivity contribution in [1.29, 1.82) is 0 Å². The number of pyridine rings is 1. The molecule has 11 heteroatoms. The first-order valence-electron chi connectivity index (χ1n) is 13.5. The maximum absolute atomic E-state index is 13.6. The smallest absolute Gasteiger partial charge is 0.319 e. The van der Waals surface area contributed by atoms with Gasteiger partial charge in [0.2, 0.25) is 0 Å². The average molecular weight is 584 g/mol. The molecule has 3 aromatic rings. The van der Waals surface area contributed by atoms with Gasteiger partial charge in [0, 0.05) is 22.3 Å². The summed E-state index contributed by atoms with van der Waals surface area (Å²) < 4.78 is 12.8. The molecular formula is C30H34ClN3O7. The van der Waals surface area contributed by atoms with Gasteiger partial charge in [-0.25, -0.2) is 4.79 Å². The molecule has 1 aliphatic carbocycles. The summed E-state index contributed by atoms with van der Waals surface area (Å²) in [4.78, 5) is 38.3. The third kappa shape index (κ3) is 7.52. The monoisotopic (exact) mass is 583 g/mol. The predicted octanol–water partition coefficient (Wildman–Crippen LogP) is 5.66. The summed E-state index contributed by atoms with van der Waals surface area (Å²) in [5.41, 5.74) is 0.683. The Bertz CT molecular complexity index is 1480. The lowest BCUT2D eigenvalue weighted by atomic mass is 10.0. The van der Waals surface area contributed by atoms with Crippen LogP contribution in [0.5, 0.6) is 17.2 Å². The number of hydrogen-bond donors (Lipinski definition) is 4. The second kappa shape index (κ2) is 13.0. The Morgan fingerprint density at radius 2 is 1.90 bits per heavy atom. The van der Waals surface area contributed by atoms with Crippen molar-refractivity contribution in [2.24, 2.45) is 0 Å². The number of ether oxygens (including phenoxy) is 2. The molecule has 0 saturated heterocycles. The van der Waals surface area contributed by atoms with Crippen LogP contribution in [0, 0.1) is 0 Å². The van der Waals surface area contributed by atoms with Crippen LogP contribution in [-0.2, 0) is 11.3 Å². The van der Waals surface area contributed by atoms with Crippen molar-refractivity contribution in [3.8, 4) is 17.2 Å². The molecule has 0 unspecified atom stereocenters. The fourth-order valence-electron chi connectivity index (χ4n) is 4.56. The van der Waals surface area contributed by atoms with Gasteiger partial charge in [-0.2, -0.15) is 0 Å². The zero-order valence-electron chi connectivity index (χ0n) is 23.1. The van der Waals surface area contributed by atoms with Crippen molar-refractivity contribution in [1.82, 2.24) is 9.88 Å². The number of carbonyl (C=O) groups excluding carboxylic acids is 1. The van der Waals surface area contributed by atoms with E-state index in [0.29, 0.717) is 39.8 Å². The third-order valence-electron chi connectivity index (χ3n) is 6.56. The van der Waals surface area contributed by atoms with Gasteiger partial charge in [0.25, 0.3) is 5.56 Å². The molecule has 0 spiro atoms. The Labute approximate surface area is 242 Å². The molecule has 10 nitrogen and oxygen atoms in total. The van der Waals surface area contributed by atoms with Crippen molar-refractivity contribution in [2.45, 2.75) is 64.6 Å². The molecule has 2 aromatic carbocycles. The quantitative estimate of drug-likeness (QED) is 0.216. The fraction of sp³-hybridized carbons (Fsp3) is 0.367. The lowest BCUT2D eigenvalue weighted by Gasteiger charge is -2.20. The molecule has 1 saturated carbocycles. The molecule has 0 bridgehead atoms. The number of halogens is 1. The number of nitrogens with one attached hydrogen (secondary N) is 2. The number of aromatic nitrogens is 1. The van der Waals surface area contributed by atoms with Crippen LogP contribution in [0.15, 0.2) is 53.5 Å². The number of aliphatic carboxylic acids is 1. The van der Waals surface area contributed by atoms with Gasteiger partial charge in [-0.05, 0) is 69.4 Å². The zero-order valence-corrected chi connectivity index (χ0v) is 23.9. The minimum atomic E-state index is -1.13. The summed E-state index contributed by atoms with van der Waals surface area (Å²) in [6.45, 7) is 6.03. The molecule has 1 aliphatic rings. The molecule has 0 aliphatic heterocycles. The van der Waals surface area contributed by atoms with E-state index in [9.17, 15) is 24.6 Å². The lowest BCUT2D eigenvalue weighted by molar-refractivity contribution is -0.137. The van der Waals surface area contributed by atoms with Crippen LogP contribution >= 0.6 is 11.6 Å². The van der Waals surface area contributed by atoms with Gasteiger partial charge in [0.15, 0.2) is 5.69 Å². The normalized spacial score (nSPS) is 13.5. The van der Waals surface area contributed by atoms with E-state index in [4.69, 9.17) is 21.1 Å². The van der Waals surface area contributed by atoms with E-state index < -0.39 is 30.0 Å². The van der Waals surface area contributed by atoms with Crippen molar-refractivity contribution < 1.29 is 29.3 Å². The van der Waals surface area contributed by atoms with Crippen molar-refractivity contribution >= 4 is 29.3 Å². The topological polar surface area (TPSA) is 139 Å². The first-order valence-corrected chi connectivity index (χ1v) is 13.9. The number of carbonyl (C=O) groups is 2. The van der Waals surface area contributed by atoms with Gasteiger partial charge in [-0.3, -0.25) is 9.59 Å². The summed E-state index contributed by atoms with van der Waals surface area (Å²) in [6, 6.07) is 10.2. The van der Waals surface area contributed by atoms with E-state index in [1.54, 1.807) is 48.7 Å². The van der Waals surface area contributed by atoms with Crippen LogP contribution in [0.3, 0.4) is 0 Å². The second-order valence-electron chi connectivity index (χ2n) is 10.2. The maximum Gasteiger partial charge on any atom is 0.319 e. The highest BCUT2D eigenvalue weighted by molar-refractivity contribution is 6.31. The number of rotatable bonds is 12. The first-order chi connectivity index (χ1) is 19.6. The Hall–Kier alpha value is -4.18. The number of amides is 2. The maximum atomic E-state index is 13.6. The van der Waals surface area contributed by atoms with Gasteiger partial charge in [0.05, 0.1) is 31.7 Å². The van der Waals surface area contributed by atoms with E-state index in [-0.39, 0.29) is 30.0 Å². The Morgan fingerprint density at radius 3 is 2.56 bits per heavy atom. The minimum absolute atomic E-state index is 0.0477. The largest absolute Gasteiger partial charge is 0.505 e. The number of urea groups is 1. The SMILES string of the molecule is CCOc1cccc(Cl)c1Cn1cc(C2CC2)c(O)c(NC(=O)N[C@@H](CC(=O)O)c2cccc(OC(C)C)c2)c1=O. The predicted molar refractivity (Wildman–Crippen MR) is 155 cm³/mol. The second-order valence-corrected chi connectivity index (χ2v) is 10.6. The molecule has 4 N–H and O–H groups in total. The molecule has 0 radical (unpaired) electrons. The molecule has 1 heterocycles. The van der Waals surface area contributed by atoms with Gasteiger partial charge in [-0.1, -0.05) is 29.8 Å². The Balaban J connectivity index is 1.64. The molecule has 41 heavy (non-hydrogen) atoms. The lowest BCUT2D eigenvalue weighted by Crippen LogP contribution is -2.36. The molecule has 2 amide bonds. The van der Waals surface area contributed by atoms with Crippen LogP contribution in [0.4, 0.5) is 10.5 Å². The first kappa shape index (κ1) is 29.8. The standard InChI is InChI=1S/C30H34ClN3O7/c1-4-40-25-10-6-9-23(31)22(25)16-34-15-21(18-11-12-18)28(37)27(29(34)38)33-30(39)32-24(14-26(35)36)19-7-5-8-20(13-19)41-17(2)3/h5-10,13,15,17-18,24,37H,4,11-12,14,16H2,1-3H3,(H,35,36)(H2,32,33,39)/t24-/m0/s1. The fourth-order valence-corrected chi connectivity index (χ4v) is 4.79. The van der Waals surface area contributed by atoms with E-state index in [1.165, 1.54) is 4.57 Å². The van der Waals surface area contributed by atoms with Crippen LogP contribution in [0.2, 0.25) is 5.02 Å². The number of carboxylic acids is 1. The highest BCUT2D eigenvalue weighted by Gasteiger charge is 2.31. The van der Waals surface area contributed by atoms with Crippen LogP contribution < -0.4 is 25.7 Å². The molecule has 4 rings (SSSR count).